The molecule has 0 aliphatic carbocycles. The van der Waals surface area contributed by atoms with Crippen LogP contribution in [0.3, 0.4) is 0 Å². The number of aromatic nitrogens is 1. The molecule has 0 unspecified atom stereocenters. The van der Waals surface area contributed by atoms with Gasteiger partial charge in [0.25, 0.3) is 0 Å². The zero-order chi connectivity index (χ0) is 18.9. The van der Waals surface area contributed by atoms with E-state index >= 15 is 0 Å². The number of hydrogen-bond acceptors (Lipinski definition) is 5. The smallest absolute Gasteiger partial charge is 0.130 e. The second-order valence-corrected chi connectivity index (χ2v) is 5.95. The number of nitrogens with zero attached hydrogens (tertiary/aromatic N) is 2. The van der Waals surface area contributed by atoms with E-state index < -0.39 is 0 Å². The van der Waals surface area contributed by atoms with Gasteiger partial charge in [-0.1, -0.05) is 17.3 Å². The fourth-order valence-electron chi connectivity index (χ4n) is 2.52. The largest absolute Gasteiger partial charge is 0.490 e. The van der Waals surface area contributed by atoms with Crippen molar-refractivity contribution in [2.75, 3.05) is 13.7 Å². The molecule has 1 heterocycles. The van der Waals surface area contributed by atoms with Crippen LogP contribution in [0.5, 0.6) is 11.5 Å². The number of benzene rings is 1. The van der Waals surface area contributed by atoms with Gasteiger partial charge in [-0.25, -0.2) is 0 Å². The molecular formula is C21H26N2O3. The molecule has 26 heavy (non-hydrogen) atoms. The van der Waals surface area contributed by atoms with Gasteiger partial charge in [0.05, 0.1) is 11.4 Å². The molecule has 5 heteroatoms. The SMILES string of the molecule is C/C=C/COc1cc(C)c(OCc2ccc(/C(C)=N/OC)cn2)c(C)c1. The molecule has 138 valence electrons. The van der Waals surface area contributed by atoms with Gasteiger partial charge in [-0.3, -0.25) is 4.98 Å². The highest BCUT2D eigenvalue weighted by atomic mass is 16.6. The molecule has 0 bridgehead atoms. The highest BCUT2D eigenvalue weighted by molar-refractivity contribution is 5.97. The Morgan fingerprint density at radius 3 is 2.46 bits per heavy atom. The van der Waals surface area contributed by atoms with Gasteiger partial charge in [-0.05, 0) is 63.1 Å². The first kappa shape index (κ1) is 19.5. The van der Waals surface area contributed by atoms with Crippen LogP contribution in [0.4, 0.5) is 0 Å². The molecule has 0 N–H and O–H groups in total. The van der Waals surface area contributed by atoms with Crippen molar-refractivity contribution in [2.45, 2.75) is 34.3 Å². The van der Waals surface area contributed by atoms with E-state index in [1.165, 1.54) is 7.11 Å². The Hall–Kier alpha value is -2.82. The van der Waals surface area contributed by atoms with Gasteiger partial charge < -0.3 is 14.3 Å². The van der Waals surface area contributed by atoms with Crippen LogP contribution in [0.15, 0.2) is 47.8 Å². The summed E-state index contributed by atoms with van der Waals surface area (Å²) in [5.74, 6) is 1.72. The van der Waals surface area contributed by atoms with Crippen LogP contribution >= 0.6 is 0 Å². The van der Waals surface area contributed by atoms with E-state index in [2.05, 4.69) is 10.1 Å². The van der Waals surface area contributed by atoms with Crippen LogP contribution in [0.2, 0.25) is 0 Å². The average Bonchev–Trinajstić information content (AvgIpc) is 2.62. The Morgan fingerprint density at radius 1 is 1.15 bits per heavy atom. The molecule has 0 aliphatic rings. The molecule has 2 rings (SSSR count). The maximum absolute atomic E-state index is 6.00. The number of ether oxygens (including phenoxy) is 2. The molecule has 0 amide bonds. The highest BCUT2D eigenvalue weighted by Crippen LogP contribution is 2.29. The van der Waals surface area contributed by atoms with Gasteiger partial charge in [0, 0.05) is 11.8 Å². The van der Waals surface area contributed by atoms with E-state index in [0.29, 0.717) is 13.2 Å². The number of rotatable bonds is 8. The first-order chi connectivity index (χ1) is 12.5. The van der Waals surface area contributed by atoms with Crippen molar-refractivity contribution in [3.63, 3.8) is 0 Å². The third kappa shape index (κ3) is 5.34. The van der Waals surface area contributed by atoms with Gasteiger partial charge in [0.1, 0.15) is 31.8 Å². The van der Waals surface area contributed by atoms with Gasteiger partial charge >= 0.3 is 0 Å². The third-order valence-electron chi connectivity index (χ3n) is 3.85. The minimum atomic E-state index is 0.404. The number of oxime groups is 1. The average molecular weight is 354 g/mol. The van der Waals surface area contributed by atoms with Crippen LogP contribution in [-0.4, -0.2) is 24.4 Å². The molecule has 0 spiro atoms. The summed E-state index contributed by atoms with van der Waals surface area (Å²) >= 11 is 0. The fraction of sp³-hybridized carbons (Fsp3) is 0.333. The molecular weight excluding hydrogens is 328 g/mol. The molecule has 0 saturated heterocycles. The lowest BCUT2D eigenvalue weighted by Crippen LogP contribution is -2.03. The number of hydrogen-bond donors (Lipinski definition) is 0. The minimum Gasteiger partial charge on any atom is -0.490 e. The molecule has 0 fully saturated rings. The summed E-state index contributed by atoms with van der Waals surface area (Å²) in [6, 6.07) is 7.88. The molecule has 0 atom stereocenters. The van der Waals surface area contributed by atoms with Gasteiger partial charge in [0.2, 0.25) is 0 Å². The van der Waals surface area contributed by atoms with E-state index in [-0.39, 0.29) is 0 Å². The van der Waals surface area contributed by atoms with E-state index in [1.54, 1.807) is 6.20 Å². The Bertz CT molecular complexity index is 757. The van der Waals surface area contributed by atoms with Crippen molar-refractivity contribution >= 4 is 5.71 Å². The Kier molecular flexibility index (Phi) is 7.21. The third-order valence-corrected chi connectivity index (χ3v) is 3.85. The van der Waals surface area contributed by atoms with Crippen LogP contribution in [-0.2, 0) is 11.4 Å². The van der Waals surface area contributed by atoms with Crippen molar-refractivity contribution < 1.29 is 14.3 Å². The standard InChI is InChI=1S/C21H26N2O3/c1-6-7-10-25-20-11-15(2)21(16(3)12-20)26-14-19-9-8-18(13-22-19)17(4)23-24-5/h6-9,11-13H,10,14H2,1-5H3/b7-6+,23-17+. The lowest BCUT2D eigenvalue weighted by molar-refractivity contribution is 0.213. The maximum Gasteiger partial charge on any atom is 0.130 e. The zero-order valence-corrected chi connectivity index (χ0v) is 16.1. The maximum atomic E-state index is 6.00. The van der Waals surface area contributed by atoms with E-state index in [0.717, 1.165) is 39.6 Å². The molecule has 5 nitrogen and oxygen atoms in total. The van der Waals surface area contributed by atoms with Crippen molar-refractivity contribution in [1.82, 2.24) is 4.98 Å². The van der Waals surface area contributed by atoms with Gasteiger partial charge in [-0.2, -0.15) is 0 Å². The quantitative estimate of drug-likeness (QED) is 0.395. The summed E-state index contributed by atoms with van der Waals surface area (Å²) in [6.07, 6.45) is 5.72. The first-order valence-corrected chi connectivity index (χ1v) is 8.56. The first-order valence-electron chi connectivity index (χ1n) is 8.56. The summed E-state index contributed by atoms with van der Waals surface area (Å²) in [7, 11) is 1.53. The monoisotopic (exact) mass is 354 g/mol. The fourth-order valence-corrected chi connectivity index (χ4v) is 2.52. The van der Waals surface area contributed by atoms with Crippen LogP contribution in [0.1, 0.15) is 36.2 Å². The molecule has 1 aromatic carbocycles. The molecule has 1 aromatic heterocycles. The normalized spacial score (nSPS) is 11.7. The molecule has 0 saturated carbocycles. The summed E-state index contributed by atoms with van der Waals surface area (Å²) < 4.78 is 11.7. The summed E-state index contributed by atoms with van der Waals surface area (Å²) in [5.41, 5.74) is 4.64. The van der Waals surface area contributed by atoms with Gasteiger partial charge in [-0.15, -0.1) is 0 Å². The lowest BCUT2D eigenvalue weighted by atomic mass is 10.1. The van der Waals surface area contributed by atoms with E-state index in [9.17, 15) is 0 Å². The minimum absolute atomic E-state index is 0.404. The Balaban J connectivity index is 2.04. The van der Waals surface area contributed by atoms with Crippen molar-refractivity contribution in [3.05, 3.63) is 65.0 Å². The highest BCUT2D eigenvalue weighted by Gasteiger charge is 2.08. The van der Waals surface area contributed by atoms with Crippen molar-refractivity contribution in [2.24, 2.45) is 5.16 Å². The van der Waals surface area contributed by atoms with Crippen LogP contribution in [0, 0.1) is 13.8 Å². The van der Waals surface area contributed by atoms with Crippen molar-refractivity contribution in [3.8, 4) is 11.5 Å². The topological polar surface area (TPSA) is 52.9 Å². The lowest BCUT2D eigenvalue weighted by Gasteiger charge is -2.14. The summed E-state index contributed by atoms with van der Waals surface area (Å²) in [6.45, 7) is 8.86. The number of allylic oxidation sites excluding steroid dienone is 1. The zero-order valence-electron chi connectivity index (χ0n) is 16.1. The van der Waals surface area contributed by atoms with E-state index in [1.807, 2.05) is 64.1 Å². The summed E-state index contributed by atoms with van der Waals surface area (Å²) in [4.78, 5) is 9.21. The summed E-state index contributed by atoms with van der Waals surface area (Å²) in [5, 5.41) is 3.91. The van der Waals surface area contributed by atoms with Crippen LogP contribution < -0.4 is 9.47 Å². The predicted molar refractivity (Wildman–Crippen MR) is 104 cm³/mol. The van der Waals surface area contributed by atoms with Gasteiger partial charge in [0.15, 0.2) is 0 Å². The number of pyridine rings is 1. The molecule has 2 aromatic rings. The molecule has 0 aliphatic heterocycles. The van der Waals surface area contributed by atoms with Crippen molar-refractivity contribution in [1.29, 1.82) is 0 Å². The Labute approximate surface area is 155 Å². The molecule has 0 radical (unpaired) electrons. The second-order valence-electron chi connectivity index (χ2n) is 5.95. The Morgan fingerprint density at radius 2 is 1.88 bits per heavy atom. The van der Waals surface area contributed by atoms with E-state index in [4.69, 9.17) is 14.3 Å². The second kappa shape index (κ2) is 9.61. The predicted octanol–water partition coefficient (Wildman–Crippen LogP) is 4.60. The van der Waals surface area contributed by atoms with Crippen LogP contribution in [0.25, 0.3) is 0 Å². The number of aryl methyl sites for hydroxylation is 2.